The highest BCUT2D eigenvalue weighted by molar-refractivity contribution is 7.92. The Kier molecular flexibility index (Phi) is 5.80. The largest absolute Gasteiger partial charge is 0.433 e. The van der Waals surface area contributed by atoms with Crippen LogP contribution in [-0.4, -0.2) is 13.4 Å². The standard InChI is InChI=1S/C25H23F3N4O2S/c1-15-16(13-29)5-11-20-22(15)32(14-17-6-12-21(25(26,27)28)31-23(17)30-20)35(33,34)19-9-7-18(8-10-19)24(2,3)4/h5-12H,14H2,1-4H3,(H,30,31). The summed E-state index contributed by atoms with van der Waals surface area (Å²) < 4.78 is 68.7. The number of pyridine rings is 1. The van der Waals surface area contributed by atoms with Gasteiger partial charge in [0, 0.05) is 5.56 Å². The van der Waals surface area contributed by atoms with Crippen LogP contribution in [0.3, 0.4) is 0 Å². The van der Waals surface area contributed by atoms with E-state index in [-0.39, 0.29) is 45.2 Å². The number of benzene rings is 2. The summed E-state index contributed by atoms with van der Waals surface area (Å²) in [6, 6.07) is 13.6. The zero-order valence-corrected chi connectivity index (χ0v) is 20.3. The van der Waals surface area contributed by atoms with E-state index in [2.05, 4.69) is 10.3 Å². The molecule has 0 saturated carbocycles. The molecule has 2 heterocycles. The smallest absolute Gasteiger partial charge is 0.338 e. The summed E-state index contributed by atoms with van der Waals surface area (Å²) in [6.07, 6.45) is -4.66. The minimum absolute atomic E-state index is 0.0292. The number of alkyl halides is 3. The van der Waals surface area contributed by atoms with E-state index in [1.165, 1.54) is 30.3 Å². The van der Waals surface area contributed by atoms with E-state index in [9.17, 15) is 26.9 Å². The molecule has 1 aliphatic rings. The van der Waals surface area contributed by atoms with Crippen molar-refractivity contribution in [3.63, 3.8) is 0 Å². The predicted octanol–water partition coefficient (Wildman–Crippen LogP) is 6.03. The summed E-state index contributed by atoms with van der Waals surface area (Å²) >= 11 is 0. The first-order chi connectivity index (χ1) is 16.2. The summed E-state index contributed by atoms with van der Waals surface area (Å²) in [5.74, 6) is -0.0917. The summed E-state index contributed by atoms with van der Waals surface area (Å²) in [5.41, 5.74) is 1.01. The molecule has 2 aromatic carbocycles. The average Bonchev–Trinajstić information content (AvgIpc) is 2.95. The van der Waals surface area contributed by atoms with Crippen LogP contribution in [0.5, 0.6) is 0 Å². The van der Waals surface area contributed by atoms with Crippen LogP contribution in [0, 0.1) is 18.3 Å². The summed E-state index contributed by atoms with van der Waals surface area (Å²) in [7, 11) is -4.16. The molecule has 182 valence electrons. The number of sulfonamides is 1. The molecule has 0 unspecified atom stereocenters. The van der Waals surface area contributed by atoms with E-state index in [1.54, 1.807) is 19.1 Å². The second-order valence-electron chi connectivity index (χ2n) is 9.36. The molecule has 0 saturated heterocycles. The van der Waals surface area contributed by atoms with Gasteiger partial charge in [0.05, 0.1) is 34.4 Å². The lowest BCUT2D eigenvalue weighted by Crippen LogP contribution is -2.31. The quantitative estimate of drug-likeness (QED) is 0.464. The molecule has 1 aromatic heterocycles. The number of nitriles is 1. The van der Waals surface area contributed by atoms with Gasteiger partial charge in [-0.05, 0) is 53.8 Å². The summed E-state index contributed by atoms with van der Waals surface area (Å²) in [6.45, 7) is 7.38. The Morgan fingerprint density at radius 2 is 1.69 bits per heavy atom. The molecule has 0 radical (unpaired) electrons. The van der Waals surface area contributed by atoms with Crippen LogP contribution >= 0.6 is 0 Å². The first-order valence-corrected chi connectivity index (χ1v) is 12.2. The predicted molar refractivity (Wildman–Crippen MR) is 127 cm³/mol. The van der Waals surface area contributed by atoms with Gasteiger partial charge in [-0.25, -0.2) is 13.4 Å². The number of nitrogens with zero attached hydrogens (tertiary/aromatic N) is 3. The molecule has 0 amide bonds. The van der Waals surface area contributed by atoms with Gasteiger partial charge in [-0.1, -0.05) is 39.0 Å². The lowest BCUT2D eigenvalue weighted by Gasteiger charge is -2.27. The fraction of sp³-hybridized carbons (Fsp3) is 0.280. The number of fused-ring (bicyclic) bond motifs is 2. The molecule has 0 bridgehead atoms. The Bertz CT molecular complexity index is 1450. The van der Waals surface area contributed by atoms with Gasteiger partial charge in [-0.2, -0.15) is 18.4 Å². The van der Waals surface area contributed by atoms with Crippen molar-refractivity contribution in [2.24, 2.45) is 0 Å². The van der Waals surface area contributed by atoms with Crippen LogP contribution in [0.1, 0.15) is 48.7 Å². The Labute approximate surface area is 202 Å². The van der Waals surface area contributed by atoms with Gasteiger partial charge in [0.15, 0.2) is 0 Å². The van der Waals surface area contributed by atoms with E-state index in [0.717, 1.165) is 15.9 Å². The molecule has 1 N–H and O–H groups in total. The van der Waals surface area contributed by atoms with E-state index < -0.39 is 21.9 Å². The average molecular weight is 501 g/mol. The zero-order valence-electron chi connectivity index (χ0n) is 19.5. The molecule has 0 spiro atoms. The summed E-state index contributed by atoms with van der Waals surface area (Å²) in [5, 5.41) is 12.4. The highest BCUT2D eigenvalue weighted by atomic mass is 32.2. The number of anilines is 3. The zero-order chi connectivity index (χ0) is 25.8. The number of nitrogens with one attached hydrogen (secondary N) is 1. The molecule has 10 heteroatoms. The lowest BCUT2D eigenvalue weighted by atomic mass is 9.87. The van der Waals surface area contributed by atoms with Gasteiger partial charge < -0.3 is 5.32 Å². The first kappa shape index (κ1) is 24.5. The molecular formula is C25H23F3N4O2S. The monoisotopic (exact) mass is 500 g/mol. The molecule has 4 rings (SSSR count). The number of rotatable bonds is 2. The van der Waals surface area contributed by atoms with E-state index in [4.69, 9.17) is 0 Å². The number of hydrogen-bond donors (Lipinski definition) is 1. The maximum absolute atomic E-state index is 13.9. The third-order valence-corrected chi connectivity index (χ3v) is 7.71. The van der Waals surface area contributed by atoms with Crippen LogP contribution in [0.15, 0.2) is 53.4 Å². The maximum Gasteiger partial charge on any atom is 0.433 e. The van der Waals surface area contributed by atoms with Gasteiger partial charge in [0.25, 0.3) is 10.0 Å². The van der Waals surface area contributed by atoms with Gasteiger partial charge in [0.2, 0.25) is 0 Å². The molecule has 6 nitrogen and oxygen atoms in total. The second kappa shape index (κ2) is 8.27. The first-order valence-electron chi connectivity index (χ1n) is 10.7. The van der Waals surface area contributed by atoms with Crippen molar-refractivity contribution < 1.29 is 21.6 Å². The van der Waals surface area contributed by atoms with Crippen LogP contribution in [0.2, 0.25) is 0 Å². The van der Waals surface area contributed by atoms with Crippen molar-refractivity contribution in [2.45, 2.75) is 50.7 Å². The van der Waals surface area contributed by atoms with Crippen LogP contribution in [0.4, 0.5) is 30.4 Å². The van der Waals surface area contributed by atoms with Crippen molar-refractivity contribution in [1.82, 2.24) is 4.98 Å². The van der Waals surface area contributed by atoms with Gasteiger partial charge in [-0.3, -0.25) is 4.31 Å². The van der Waals surface area contributed by atoms with Gasteiger partial charge in [-0.15, -0.1) is 0 Å². The number of aromatic nitrogens is 1. The minimum Gasteiger partial charge on any atom is -0.338 e. The highest BCUT2D eigenvalue weighted by Gasteiger charge is 2.36. The van der Waals surface area contributed by atoms with Gasteiger partial charge in [0.1, 0.15) is 11.5 Å². The Morgan fingerprint density at radius 3 is 2.26 bits per heavy atom. The number of halogens is 3. The minimum atomic E-state index is -4.66. The van der Waals surface area contributed by atoms with E-state index >= 15 is 0 Å². The van der Waals surface area contributed by atoms with Gasteiger partial charge >= 0.3 is 6.18 Å². The highest BCUT2D eigenvalue weighted by Crippen LogP contribution is 2.42. The van der Waals surface area contributed by atoms with Crippen LogP contribution in [0.25, 0.3) is 0 Å². The molecule has 3 aromatic rings. The van der Waals surface area contributed by atoms with Crippen molar-refractivity contribution in [3.05, 3.63) is 76.5 Å². The fourth-order valence-electron chi connectivity index (χ4n) is 3.95. The molecule has 35 heavy (non-hydrogen) atoms. The van der Waals surface area contributed by atoms with Crippen LogP contribution < -0.4 is 9.62 Å². The van der Waals surface area contributed by atoms with E-state index in [1.807, 2.05) is 26.8 Å². The molecule has 0 fully saturated rings. The summed E-state index contributed by atoms with van der Waals surface area (Å²) in [4.78, 5) is 3.75. The van der Waals surface area contributed by atoms with Crippen molar-refractivity contribution in [2.75, 3.05) is 9.62 Å². The lowest BCUT2D eigenvalue weighted by molar-refractivity contribution is -0.141. The second-order valence-corrected chi connectivity index (χ2v) is 11.2. The molecule has 0 aliphatic carbocycles. The van der Waals surface area contributed by atoms with Crippen molar-refractivity contribution in [3.8, 4) is 6.07 Å². The normalized spacial score (nSPS) is 13.8. The topological polar surface area (TPSA) is 86.1 Å². The van der Waals surface area contributed by atoms with E-state index in [0.29, 0.717) is 5.56 Å². The third kappa shape index (κ3) is 4.44. The molecule has 0 atom stereocenters. The Hall–Kier alpha value is -3.58. The SMILES string of the molecule is Cc1c(C#N)ccc2c1N(S(=O)(=O)c1ccc(C(C)(C)C)cc1)Cc1ccc(C(F)(F)F)nc1N2. The maximum atomic E-state index is 13.9. The fourth-order valence-corrected chi connectivity index (χ4v) is 5.47. The third-order valence-electron chi connectivity index (χ3n) is 5.95. The molecular weight excluding hydrogens is 477 g/mol. The number of hydrogen-bond acceptors (Lipinski definition) is 5. The van der Waals surface area contributed by atoms with Crippen molar-refractivity contribution >= 4 is 27.2 Å². The Morgan fingerprint density at radius 1 is 1.03 bits per heavy atom. The van der Waals surface area contributed by atoms with Crippen LogP contribution in [-0.2, 0) is 28.2 Å². The Balaban J connectivity index is 1.92. The molecule has 1 aliphatic heterocycles. The van der Waals surface area contributed by atoms with Crippen molar-refractivity contribution in [1.29, 1.82) is 5.26 Å².